The number of carbonyl (C=O) groups excluding carboxylic acids is 1. The normalized spacial score (nSPS) is 20.8. The standard InChI is InChI=1S/C13H16FNO3S2/c14-11-3-1-10(2-4-11)7-15-13(16)8-19-12-5-6-20(17,18)9-12/h1-4,12H,5-9H2,(H,15,16)/t12-/m0/s1. The van der Waals surface area contributed by atoms with E-state index in [4.69, 9.17) is 0 Å². The minimum absolute atomic E-state index is 0.0246. The first kappa shape index (κ1) is 15.3. The van der Waals surface area contributed by atoms with E-state index < -0.39 is 9.84 Å². The smallest absolute Gasteiger partial charge is 0.230 e. The summed E-state index contributed by atoms with van der Waals surface area (Å²) in [5.74, 6) is 0.202. The lowest BCUT2D eigenvalue weighted by Crippen LogP contribution is -2.25. The van der Waals surface area contributed by atoms with Crippen LogP contribution >= 0.6 is 11.8 Å². The third kappa shape index (κ3) is 4.79. The second-order valence-corrected chi connectivity index (χ2v) is 8.26. The minimum atomic E-state index is -2.89. The molecule has 1 fully saturated rings. The molecule has 1 saturated heterocycles. The number of amides is 1. The number of carbonyl (C=O) groups is 1. The van der Waals surface area contributed by atoms with Gasteiger partial charge in [0.15, 0.2) is 9.84 Å². The molecule has 2 rings (SSSR count). The molecule has 0 aliphatic carbocycles. The van der Waals surface area contributed by atoms with Crippen molar-refractivity contribution >= 4 is 27.5 Å². The summed E-state index contributed by atoms with van der Waals surface area (Å²) in [6.07, 6.45) is 0.623. The summed E-state index contributed by atoms with van der Waals surface area (Å²) in [5, 5.41) is 2.76. The Balaban J connectivity index is 1.69. The number of sulfone groups is 1. The first-order chi connectivity index (χ1) is 9.44. The molecule has 20 heavy (non-hydrogen) atoms. The molecule has 0 unspecified atom stereocenters. The van der Waals surface area contributed by atoms with Gasteiger partial charge in [-0.3, -0.25) is 4.79 Å². The average molecular weight is 317 g/mol. The quantitative estimate of drug-likeness (QED) is 0.891. The molecule has 1 atom stereocenters. The minimum Gasteiger partial charge on any atom is -0.351 e. The summed E-state index contributed by atoms with van der Waals surface area (Å²) in [5.41, 5.74) is 0.827. The van der Waals surface area contributed by atoms with Crippen molar-refractivity contribution in [2.75, 3.05) is 17.3 Å². The van der Waals surface area contributed by atoms with Crippen LogP contribution in [0.15, 0.2) is 24.3 Å². The predicted octanol–water partition coefficient (Wildman–Crippen LogP) is 1.36. The largest absolute Gasteiger partial charge is 0.351 e. The molecule has 4 nitrogen and oxygen atoms in total. The fourth-order valence-corrected chi connectivity index (χ4v) is 5.41. The van der Waals surface area contributed by atoms with Crippen molar-refractivity contribution < 1.29 is 17.6 Å². The SMILES string of the molecule is O=C(CS[C@H]1CCS(=O)(=O)C1)NCc1ccc(F)cc1. The van der Waals surface area contributed by atoms with Crippen molar-refractivity contribution in [3.63, 3.8) is 0 Å². The second-order valence-electron chi connectivity index (χ2n) is 4.74. The van der Waals surface area contributed by atoms with Gasteiger partial charge in [-0.25, -0.2) is 12.8 Å². The number of nitrogens with one attached hydrogen (secondary N) is 1. The molecule has 1 heterocycles. The van der Waals surface area contributed by atoms with E-state index >= 15 is 0 Å². The Morgan fingerprint density at radius 1 is 1.35 bits per heavy atom. The molecule has 1 aromatic carbocycles. The highest BCUT2D eigenvalue weighted by Crippen LogP contribution is 2.23. The van der Waals surface area contributed by atoms with E-state index in [0.717, 1.165) is 5.56 Å². The van der Waals surface area contributed by atoms with Gasteiger partial charge < -0.3 is 5.32 Å². The van der Waals surface area contributed by atoms with E-state index in [9.17, 15) is 17.6 Å². The van der Waals surface area contributed by atoms with Gasteiger partial charge in [-0.05, 0) is 24.1 Å². The first-order valence-electron chi connectivity index (χ1n) is 6.28. The van der Waals surface area contributed by atoms with Crippen molar-refractivity contribution in [3.8, 4) is 0 Å². The molecule has 0 radical (unpaired) electrons. The van der Waals surface area contributed by atoms with Crippen LogP contribution in [0.4, 0.5) is 4.39 Å². The maximum atomic E-state index is 12.7. The van der Waals surface area contributed by atoms with Gasteiger partial charge in [0, 0.05) is 11.8 Å². The van der Waals surface area contributed by atoms with Gasteiger partial charge in [0.1, 0.15) is 5.82 Å². The lowest BCUT2D eigenvalue weighted by molar-refractivity contribution is -0.118. The molecule has 0 saturated carbocycles. The van der Waals surface area contributed by atoms with E-state index in [0.29, 0.717) is 13.0 Å². The van der Waals surface area contributed by atoms with Crippen molar-refractivity contribution in [3.05, 3.63) is 35.6 Å². The second kappa shape index (κ2) is 6.58. The van der Waals surface area contributed by atoms with Crippen LogP contribution in [0.3, 0.4) is 0 Å². The Morgan fingerprint density at radius 2 is 2.05 bits per heavy atom. The number of thioether (sulfide) groups is 1. The summed E-state index contributed by atoms with van der Waals surface area (Å²) >= 11 is 1.38. The fourth-order valence-electron chi connectivity index (χ4n) is 1.94. The molecule has 1 aromatic rings. The topological polar surface area (TPSA) is 63.2 Å². The highest BCUT2D eigenvalue weighted by molar-refractivity contribution is 8.02. The van der Waals surface area contributed by atoms with Gasteiger partial charge >= 0.3 is 0 Å². The number of rotatable bonds is 5. The van der Waals surface area contributed by atoms with Crippen LogP contribution in [0.1, 0.15) is 12.0 Å². The Morgan fingerprint density at radius 3 is 2.65 bits per heavy atom. The monoisotopic (exact) mass is 317 g/mol. The maximum Gasteiger partial charge on any atom is 0.230 e. The molecule has 1 aliphatic heterocycles. The van der Waals surface area contributed by atoms with Crippen LogP contribution in [0.25, 0.3) is 0 Å². The zero-order valence-corrected chi connectivity index (χ0v) is 12.5. The molecule has 7 heteroatoms. The molecule has 1 aliphatic rings. The van der Waals surface area contributed by atoms with Crippen LogP contribution < -0.4 is 5.32 Å². The maximum absolute atomic E-state index is 12.7. The van der Waals surface area contributed by atoms with E-state index in [-0.39, 0.29) is 34.2 Å². The highest BCUT2D eigenvalue weighted by Gasteiger charge is 2.28. The summed E-state index contributed by atoms with van der Waals surface area (Å²) in [4.78, 5) is 11.6. The van der Waals surface area contributed by atoms with E-state index in [1.165, 1.54) is 23.9 Å². The van der Waals surface area contributed by atoms with Crippen LogP contribution in [0, 0.1) is 5.82 Å². The Hall–Kier alpha value is -1.08. The number of hydrogen-bond acceptors (Lipinski definition) is 4. The van der Waals surface area contributed by atoms with Crippen molar-refractivity contribution in [2.24, 2.45) is 0 Å². The van der Waals surface area contributed by atoms with E-state index in [2.05, 4.69) is 5.32 Å². The Labute approximate surface area is 122 Å². The molecular formula is C13H16FNO3S2. The van der Waals surface area contributed by atoms with Crippen LogP contribution in [0.2, 0.25) is 0 Å². The number of hydrogen-bond donors (Lipinski definition) is 1. The molecule has 110 valence electrons. The number of benzene rings is 1. The van der Waals surface area contributed by atoms with E-state index in [1.54, 1.807) is 12.1 Å². The zero-order chi connectivity index (χ0) is 14.6. The highest BCUT2D eigenvalue weighted by atomic mass is 32.2. The van der Waals surface area contributed by atoms with Crippen molar-refractivity contribution in [2.45, 2.75) is 18.2 Å². The summed E-state index contributed by atoms with van der Waals surface area (Å²) < 4.78 is 35.3. The first-order valence-corrected chi connectivity index (χ1v) is 9.15. The van der Waals surface area contributed by atoms with Gasteiger partial charge in [0.2, 0.25) is 5.91 Å². The Bertz CT molecular complexity index is 572. The van der Waals surface area contributed by atoms with E-state index in [1.807, 2.05) is 0 Å². The molecular weight excluding hydrogens is 301 g/mol. The lowest BCUT2D eigenvalue weighted by atomic mass is 10.2. The van der Waals surface area contributed by atoms with Gasteiger partial charge in [0.05, 0.1) is 17.3 Å². The average Bonchev–Trinajstić information content (AvgIpc) is 2.75. The third-order valence-electron chi connectivity index (χ3n) is 3.04. The molecule has 0 aromatic heterocycles. The predicted molar refractivity (Wildman–Crippen MR) is 77.8 cm³/mol. The summed E-state index contributed by atoms with van der Waals surface area (Å²) in [6.45, 7) is 0.350. The summed E-state index contributed by atoms with van der Waals surface area (Å²) in [7, 11) is -2.89. The molecule has 1 amide bonds. The molecule has 0 bridgehead atoms. The molecule has 0 spiro atoms. The van der Waals surface area contributed by atoms with Gasteiger partial charge in [-0.15, -0.1) is 11.8 Å². The van der Waals surface area contributed by atoms with Gasteiger partial charge in [-0.1, -0.05) is 12.1 Å². The van der Waals surface area contributed by atoms with Gasteiger partial charge in [-0.2, -0.15) is 0 Å². The zero-order valence-electron chi connectivity index (χ0n) is 10.8. The Kier molecular flexibility index (Phi) is 5.04. The lowest BCUT2D eigenvalue weighted by Gasteiger charge is -2.08. The molecule has 1 N–H and O–H groups in total. The van der Waals surface area contributed by atoms with Crippen molar-refractivity contribution in [1.29, 1.82) is 0 Å². The van der Waals surface area contributed by atoms with Crippen LogP contribution in [-0.2, 0) is 21.2 Å². The fraction of sp³-hybridized carbons (Fsp3) is 0.462. The van der Waals surface area contributed by atoms with Crippen LogP contribution in [0.5, 0.6) is 0 Å². The summed E-state index contributed by atoms with van der Waals surface area (Å²) in [6, 6.07) is 5.93. The number of halogens is 1. The van der Waals surface area contributed by atoms with Crippen LogP contribution in [-0.4, -0.2) is 36.8 Å². The van der Waals surface area contributed by atoms with Gasteiger partial charge in [0.25, 0.3) is 0 Å². The van der Waals surface area contributed by atoms with Crippen molar-refractivity contribution in [1.82, 2.24) is 5.32 Å². The third-order valence-corrected chi connectivity index (χ3v) is 6.33.